The summed E-state index contributed by atoms with van der Waals surface area (Å²) in [6.07, 6.45) is 7.22. The molecule has 3 heterocycles. The van der Waals surface area contributed by atoms with E-state index >= 15 is 0 Å². The molecule has 0 amide bonds. The van der Waals surface area contributed by atoms with Crippen molar-refractivity contribution in [2.24, 2.45) is 16.6 Å². The number of nitrogens with one attached hydrogen (secondary N) is 1. The topological polar surface area (TPSA) is 107 Å². The summed E-state index contributed by atoms with van der Waals surface area (Å²) in [5.41, 5.74) is 8.19. The first kappa shape index (κ1) is 20.3. The van der Waals surface area contributed by atoms with Crippen LogP contribution in [0.15, 0.2) is 35.7 Å². The van der Waals surface area contributed by atoms with Gasteiger partial charge in [0.15, 0.2) is 5.82 Å². The minimum atomic E-state index is 0.297. The van der Waals surface area contributed by atoms with E-state index in [0.29, 0.717) is 46.7 Å². The fraction of sp³-hybridized carbons (Fsp3) is 0.381. The Morgan fingerprint density at radius 3 is 2.83 bits per heavy atom. The Morgan fingerprint density at radius 2 is 2.13 bits per heavy atom. The second kappa shape index (κ2) is 8.39. The van der Waals surface area contributed by atoms with Crippen molar-refractivity contribution in [1.82, 2.24) is 24.5 Å². The van der Waals surface area contributed by atoms with Gasteiger partial charge in [-0.25, -0.2) is 19.9 Å². The monoisotopic (exact) mass is 424 g/mol. The molecule has 0 spiro atoms. The van der Waals surface area contributed by atoms with Gasteiger partial charge in [-0.2, -0.15) is 0 Å². The van der Waals surface area contributed by atoms with E-state index in [9.17, 15) is 0 Å². The Kier molecular flexibility index (Phi) is 5.67. The number of halogens is 1. The molecule has 0 bridgehead atoms. The third kappa shape index (κ3) is 4.28. The molecule has 0 unspecified atom stereocenters. The van der Waals surface area contributed by atoms with Gasteiger partial charge in [0.25, 0.3) is 0 Å². The van der Waals surface area contributed by atoms with E-state index in [2.05, 4.69) is 48.7 Å². The Balaban J connectivity index is 1.59. The number of aromatic nitrogens is 5. The smallest absolute Gasteiger partial charge is 0.166 e. The van der Waals surface area contributed by atoms with Crippen molar-refractivity contribution in [3.05, 3.63) is 42.4 Å². The van der Waals surface area contributed by atoms with Gasteiger partial charge in [-0.3, -0.25) is 4.99 Å². The number of fused-ring (bicyclic) bond motifs is 1. The van der Waals surface area contributed by atoms with E-state index in [4.69, 9.17) is 17.3 Å². The lowest BCUT2D eigenvalue weighted by Crippen LogP contribution is -2.06. The van der Waals surface area contributed by atoms with E-state index < -0.39 is 0 Å². The van der Waals surface area contributed by atoms with Crippen LogP contribution in [0, 0.1) is 12.8 Å². The molecular formula is C21H25ClN8. The van der Waals surface area contributed by atoms with E-state index in [1.165, 1.54) is 19.0 Å². The molecule has 0 saturated heterocycles. The standard InChI is InChI=1S/C21H25ClN8/c1-12(2)30-13(3)27-16-11-25-19(8-17(16)30)28-18-6-7-24-21(29-18)15(9-23)20(22)26-10-14-4-5-14/h6-9,11-12,14H,4-5,10,23H2,1-3H3,(H,24,25,28,29). The Bertz CT molecular complexity index is 1130. The summed E-state index contributed by atoms with van der Waals surface area (Å²) in [4.78, 5) is 22.3. The molecule has 3 aromatic heterocycles. The lowest BCUT2D eigenvalue weighted by atomic mass is 10.3. The van der Waals surface area contributed by atoms with Crippen LogP contribution in [0.25, 0.3) is 16.6 Å². The molecule has 4 rings (SSSR count). The molecule has 3 N–H and O–H groups in total. The van der Waals surface area contributed by atoms with Gasteiger partial charge >= 0.3 is 0 Å². The van der Waals surface area contributed by atoms with Gasteiger partial charge in [-0.1, -0.05) is 11.6 Å². The Hall–Kier alpha value is -3.00. The number of hydrogen-bond donors (Lipinski definition) is 2. The van der Waals surface area contributed by atoms with Gasteiger partial charge < -0.3 is 15.6 Å². The highest BCUT2D eigenvalue weighted by atomic mass is 35.5. The molecule has 9 heteroatoms. The molecule has 30 heavy (non-hydrogen) atoms. The molecule has 0 aromatic carbocycles. The van der Waals surface area contributed by atoms with Crippen molar-refractivity contribution < 1.29 is 0 Å². The first-order chi connectivity index (χ1) is 14.5. The quantitative estimate of drug-likeness (QED) is 0.550. The number of pyridine rings is 1. The number of allylic oxidation sites excluding steroid dienone is 1. The Morgan fingerprint density at radius 1 is 1.33 bits per heavy atom. The Labute approximate surface area is 180 Å². The van der Waals surface area contributed by atoms with Crippen LogP contribution in [0.3, 0.4) is 0 Å². The third-order valence-corrected chi connectivity index (χ3v) is 5.32. The summed E-state index contributed by atoms with van der Waals surface area (Å²) in [5, 5.41) is 3.57. The summed E-state index contributed by atoms with van der Waals surface area (Å²) in [5.74, 6) is 3.26. The average Bonchev–Trinajstić information content (AvgIpc) is 3.48. The van der Waals surface area contributed by atoms with Gasteiger partial charge in [0.05, 0.1) is 17.3 Å². The second-order valence-corrected chi connectivity index (χ2v) is 8.08. The maximum atomic E-state index is 6.36. The average molecular weight is 425 g/mol. The molecule has 0 atom stereocenters. The summed E-state index contributed by atoms with van der Waals surface area (Å²) in [6.45, 7) is 6.97. The largest absolute Gasteiger partial charge is 0.404 e. The van der Waals surface area contributed by atoms with Crippen molar-refractivity contribution in [3.8, 4) is 0 Å². The fourth-order valence-electron chi connectivity index (χ4n) is 3.36. The summed E-state index contributed by atoms with van der Waals surface area (Å²) in [7, 11) is 0. The van der Waals surface area contributed by atoms with Crippen molar-refractivity contribution in [1.29, 1.82) is 0 Å². The molecule has 1 fully saturated rings. The molecule has 0 radical (unpaired) electrons. The number of hydrogen-bond acceptors (Lipinski definition) is 7. The highest BCUT2D eigenvalue weighted by molar-refractivity contribution is 6.76. The van der Waals surface area contributed by atoms with Crippen LogP contribution in [0.2, 0.25) is 0 Å². The van der Waals surface area contributed by atoms with Gasteiger partial charge in [-0.05, 0) is 45.6 Å². The normalized spacial score (nSPS) is 15.2. The van der Waals surface area contributed by atoms with Gasteiger partial charge in [0.2, 0.25) is 0 Å². The molecule has 3 aromatic rings. The molecular weight excluding hydrogens is 400 g/mol. The number of aliphatic imine (C=N–C) groups is 1. The SMILES string of the molecule is Cc1nc2cnc(Nc3ccnc(C(=CN)C(Cl)=NCC4CC4)n3)cc2n1C(C)C. The maximum Gasteiger partial charge on any atom is 0.166 e. The highest BCUT2D eigenvalue weighted by Crippen LogP contribution is 2.29. The summed E-state index contributed by atoms with van der Waals surface area (Å²) >= 11 is 6.36. The van der Waals surface area contributed by atoms with Crippen LogP contribution in [-0.2, 0) is 0 Å². The van der Waals surface area contributed by atoms with Gasteiger partial charge in [-0.15, -0.1) is 0 Å². The van der Waals surface area contributed by atoms with Crippen LogP contribution < -0.4 is 11.1 Å². The molecule has 156 valence electrons. The third-order valence-electron chi connectivity index (χ3n) is 5.00. The minimum Gasteiger partial charge on any atom is -0.404 e. The molecule has 1 aliphatic carbocycles. The van der Waals surface area contributed by atoms with E-state index in [0.717, 1.165) is 16.9 Å². The van der Waals surface area contributed by atoms with Crippen molar-refractivity contribution >= 4 is 45.0 Å². The molecule has 8 nitrogen and oxygen atoms in total. The predicted octanol–water partition coefficient (Wildman–Crippen LogP) is 4.20. The summed E-state index contributed by atoms with van der Waals surface area (Å²) < 4.78 is 2.18. The molecule has 1 aliphatic rings. The van der Waals surface area contributed by atoms with E-state index in [-0.39, 0.29) is 0 Å². The number of nitrogens with two attached hydrogens (primary N) is 1. The maximum absolute atomic E-state index is 6.36. The molecule has 0 aliphatic heterocycles. The first-order valence-electron chi connectivity index (χ1n) is 10.0. The number of imidazole rings is 1. The number of nitrogens with zero attached hydrogens (tertiary/aromatic N) is 6. The van der Waals surface area contributed by atoms with E-state index in [1.54, 1.807) is 18.5 Å². The van der Waals surface area contributed by atoms with Crippen LogP contribution in [-0.4, -0.2) is 36.2 Å². The zero-order valence-electron chi connectivity index (χ0n) is 17.3. The van der Waals surface area contributed by atoms with Crippen LogP contribution >= 0.6 is 11.6 Å². The van der Waals surface area contributed by atoms with E-state index in [1.807, 2.05) is 13.0 Å². The minimum absolute atomic E-state index is 0.297. The number of rotatable bonds is 7. The predicted molar refractivity (Wildman–Crippen MR) is 121 cm³/mol. The van der Waals surface area contributed by atoms with Gasteiger partial charge in [0, 0.05) is 31.0 Å². The summed E-state index contributed by atoms with van der Waals surface area (Å²) in [6, 6.07) is 4.04. The number of aryl methyl sites for hydroxylation is 1. The number of anilines is 2. The zero-order chi connectivity index (χ0) is 21.3. The zero-order valence-corrected chi connectivity index (χ0v) is 18.1. The van der Waals surface area contributed by atoms with Crippen LogP contribution in [0.1, 0.15) is 44.4 Å². The van der Waals surface area contributed by atoms with Crippen molar-refractivity contribution in [2.45, 2.75) is 39.7 Å². The lowest BCUT2D eigenvalue weighted by molar-refractivity contribution is 0.600. The first-order valence-corrected chi connectivity index (χ1v) is 10.4. The molecule has 1 saturated carbocycles. The second-order valence-electron chi connectivity index (χ2n) is 7.73. The lowest BCUT2D eigenvalue weighted by Gasteiger charge is -2.12. The van der Waals surface area contributed by atoms with Crippen LogP contribution in [0.4, 0.5) is 11.6 Å². The highest BCUT2D eigenvalue weighted by Gasteiger charge is 2.21. The van der Waals surface area contributed by atoms with Crippen molar-refractivity contribution in [3.63, 3.8) is 0 Å². The van der Waals surface area contributed by atoms with Crippen molar-refractivity contribution in [2.75, 3.05) is 11.9 Å². The van der Waals surface area contributed by atoms with Gasteiger partial charge in [0.1, 0.15) is 28.1 Å². The van der Waals surface area contributed by atoms with Crippen LogP contribution in [0.5, 0.6) is 0 Å². The fourth-order valence-corrected chi connectivity index (χ4v) is 3.58.